The van der Waals surface area contributed by atoms with E-state index in [4.69, 9.17) is 0 Å². The molecular weight excluding hydrogens is 176 g/mol. The van der Waals surface area contributed by atoms with Crippen molar-refractivity contribution in [2.75, 3.05) is 0 Å². The smallest absolute Gasteiger partial charge is 0.163 e. The van der Waals surface area contributed by atoms with E-state index >= 15 is 0 Å². The Kier molecular flexibility index (Phi) is 4.17. The molecule has 2 nitrogen and oxygen atoms in total. The molecule has 0 aromatic heterocycles. The highest BCUT2D eigenvalue weighted by Gasteiger charge is 2.05. The summed E-state index contributed by atoms with van der Waals surface area (Å²) in [6, 6.07) is 6.54. The molecule has 0 unspecified atom stereocenters. The van der Waals surface area contributed by atoms with E-state index in [9.17, 15) is 9.90 Å². The van der Waals surface area contributed by atoms with Crippen LogP contribution in [0.25, 0.3) is 0 Å². The summed E-state index contributed by atoms with van der Waals surface area (Å²) in [5, 5.41) is 9.18. The van der Waals surface area contributed by atoms with Crippen molar-refractivity contribution in [1.29, 1.82) is 0 Å². The number of hydrogen-bond acceptors (Lipinski definition) is 2. The minimum atomic E-state index is 0.120. The van der Waals surface area contributed by atoms with Crippen molar-refractivity contribution in [3.63, 3.8) is 0 Å². The zero-order chi connectivity index (χ0) is 10.4. The molecule has 1 aromatic carbocycles. The van der Waals surface area contributed by atoms with E-state index in [1.165, 1.54) is 6.07 Å². The molecule has 0 saturated carbocycles. The molecule has 0 bridgehead atoms. The summed E-state index contributed by atoms with van der Waals surface area (Å²) in [4.78, 5) is 11.6. The van der Waals surface area contributed by atoms with Gasteiger partial charge in [-0.15, -0.1) is 0 Å². The third kappa shape index (κ3) is 3.21. The van der Waals surface area contributed by atoms with Crippen LogP contribution in [0.1, 0.15) is 43.0 Å². The van der Waals surface area contributed by atoms with Crippen LogP contribution in [-0.4, -0.2) is 10.9 Å². The molecule has 0 heterocycles. The number of rotatable bonds is 5. The average molecular weight is 192 g/mol. The van der Waals surface area contributed by atoms with Gasteiger partial charge in [0.1, 0.15) is 5.75 Å². The molecule has 0 saturated heterocycles. The highest BCUT2D eigenvalue weighted by molar-refractivity contribution is 5.96. The molecule has 0 fully saturated rings. The Morgan fingerprint density at radius 1 is 1.36 bits per heavy atom. The van der Waals surface area contributed by atoms with Crippen molar-refractivity contribution in [3.8, 4) is 5.75 Å². The molecular formula is C12H16O2. The van der Waals surface area contributed by atoms with Crippen LogP contribution in [0, 0.1) is 0 Å². The third-order valence-corrected chi connectivity index (χ3v) is 2.18. The molecule has 0 aliphatic carbocycles. The van der Waals surface area contributed by atoms with Gasteiger partial charge in [0, 0.05) is 12.0 Å². The maximum Gasteiger partial charge on any atom is 0.163 e. The average Bonchev–Trinajstić information content (AvgIpc) is 2.18. The first-order chi connectivity index (χ1) is 6.74. The standard InChI is InChI=1S/C12H16O2/c1-2-3-4-8-12(14)10-6-5-7-11(13)9-10/h5-7,9,13H,2-4,8H2,1H3. The van der Waals surface area contributed by atoms with Gasteiger partial charge in [0.05, 0.1) is 0 Å². The highest BCUT2D eigenvalue weighted by Crippen LogP contribution is 2.14. The number of unbranched alkanes of at least 4 members (excludes halogenated alkanes) is 2. The fraction of sp³-hybridized carbons (Fsp3) is 0.417. The van der Waals surface area contributed by atoms with Crippen molar-refractivity contribution in [2.24, 2.45) is 0 Å². The van der Waals surface area contributed by atoms with Gasteiger partial charge in [-0.1, -0.05) is 31.9 Å². The number of carbonyl (C=O) groups is 1. The Hall–Kier alpha value is -1.31. The van der Waals surface area contributed by atoms with Crippen molar-refractivity contribution in [2.45, 2.75) is 32.6 Å². The lowest BCUT2D eigenvalue weighted by Gasteiger charge is -2.00. The van der Waals surface area contributed by atoms with Gasteiger partial charge in [-0.05, 0) is 18.6 Å². The SMILES string of the molecule is CCCCCC(=O)c1cccc(O)c1. The zero-order valence-corrected chi connectivity index (χ0v) is 8.49. The van der Waals surface area contributed by atoms with Crippen LogP contribution in [0.4, 0.5) is 0 Å². The van der Waals surface area contributed by atoms with E-state index < -0.39 is 0 Å². The monoisotopic (exact) mass is 192 g/mol. The summed E-state index contributed by atoms with van der Waals surface area (Å²) in [7, 11) is 0. The van der Waals surface area contributed by atoms with Crippen molar-refractivity contribution >= 4 is 5.78 Å². The van der Waals surface area contributed by atoms with Gasteiger partial charge in [0.2, 0.25) is 0 Å². The lowest BCUT2D eigenvalue weighted by molar-refractivity contribution is 0.0979. The second-order valence-corrected chi connectivity index (χ2v) is 3.43. The molecule has 0 spiro atoms. The van der Waals surface area contributed by atoms with Gasteiger partial charge >= 0.3 is 0 Å². The van der Waals surface area contributed by atoms with E-state index in [1.54, 1.807) is 18.2 Å². The maximum absolute atomic E-state index is 11.6. The minimum absolute atomic E-state index is 0.120. The van der Waals surface area contributed by atoms with E-state index in [1.807, 2.05) is 0 Å². The third-order valence-electron chi connectivity index (χ3n) is 2.18. The van der Waals surface area contributed by atoms with E-state index in [-0.39, 0.29) is 11.5 Å². The Bertz CT molecular complexity index is 305. The summed E-state index contributed by atoms with van der Waals surface area (Å²) in [6.45, 7) is 2.11. The van der Waals surface area contributed by atoms with Gasteiger partial charge in [-0.2, -0.15) is 0 Å². The van der Waals surface area contributed by atoms with Crippen molar-refractivity contribution in [3.05, 3.63) is 29.8 Å². The quantitative estimate of drug-likeness (QED) is 0.574. The van der Waals surface area contributed by atoms with Gasteiger partial charge < -0.3 is 5.11 Å². The van der Waals surface area contributed by atoms with Crippen LogP contribution in [0.2, 0.25) is 0 Å². The molecule has 2 heteroatoms. The minimum Gasteiger partial charge on any atom is -0.508 e. The van der Waals surface area contributed by atoms with Crippen LogP contribution in [-0.2, 0) is 0 Å². The topological polar surface area (TPSA) is 37.3 Å². The van der Waals surface area contributed by atoms with E-state index in [2.05, 4.69) is 6.92 Å². The van der Waals surface area contributed by atoms with Crippen LogP contribution in [0.3, 0.4) is 0 Å². The molecule has 1 N–H and O–H groups in total. The first-order valence-electron chi connectivity index (χ1n) is 5.06. The number of benzene rings is 1. The molecule has 0 amide bonds. The van der Waals surface area contributed by atoms with Crippen LogP contribution < -0.4 is 0 Å². The fourth-order valence-corrected chi connectivity index (χ4v) is 1.36. The molecule has 0 aliphatic heterocycles. The van der Waals surface area contributed by atoms with Crippen LogP contribution in [0.5, 0.6) is 5.75 Å². The predicted molar refractivity (Wildman–Crippen MR) is 56.6 cm³/mol. The Balaban J connectivity index is 2.52. The van der Waals surface area contributed by atoms with Gasteiger partial charge in [0.15, 0.2) is 5.78 Å². The van der Waals surface area contributed by atoms with Crippen molar-refractivity contribution in [1.82, 2.24) is 0 Å². The number of aromatic hydroxyl groups is 1. The summed E-state index contributed by atoms with van der Waals surface area (Å²) < 4.78 is 0. The van der Waals surface area contributed by atoms with Crippen LogP contribution >= 0.6 is 0 Å². The maximum atomic E-state index is 11.6. The Labute approximate surface area is 84.6 Å². The molecule has 1 rings (SSSR count). The molecule has 0 atom stereocenters. The summed E-state index contributed by atoms with van der Waals surface area (Å²) in [5.74, 6) is 0.278. The summed E-state index contributed by atoms with van der Waals surface area (Å²) in [5.41, 5.74) is 0.612. The van der Waals surface area contributed by atoms with E-state index in [0.717, 1.165) is 19.3 Å². The fourth-order valence-electron chi connectivity index (χ4n) is 1.36. The Morgan fingerprint density at radius 2 is 2.14 bits per heavy atom. The van der Waals surface area contributed by atoms with E-state index in [0.29, 0.717) is 12.0 Å². The lowest BCUT2D eigenvalue weighted by atomic mass is 10.0. The summed E-state index contributed by atoms with van der Waals surface area (Å²) in [6.07, 6.45) is 3.72. The normalized spacial score (nSPS) is 10.1. The number of Topliss-reactive ketones (excluding diaryl/α,β-unsaturated/α-hetero) is 1. The predicted octanol–water partition coefficient (Wildman–Crippen LogP) is 3.16. The number of hydrogen-bond donors (Lipinski definition) is 1. The highest BCUT2D eigenvalue weighted by atomic mass is 16.3. The second kappa shape index (κ2) is 5.43. The molecule has 1 aromatic rings. The molecule has 76 valence electrons. The lowest BCUT2D eigenvalue weighted by Crippen LogP contribution is -1.98. The zero-order valence-electron chi connectivity index (χ0n) is 8.49. The number of phenols is 1. The second-order valence-electron chi connectivity index (χ2n) is 3.43. The number of carbonyl (C=O) groups excluding carboxylic acids is 1. The van der Waals surface area contributed by atoms with Crippen molar-refractivity contribution < 1.29 is 9.90 Å². The number of phenolic OH excluding ortho intramolecular Hbond substituents is 1. The van der Waals surface area contributed by atoms with Gasteiger partial charge in [-0.25, -0.2) is 0 Å². The van der Waals surface area contributed by atoms with Gasteiger partial charge in [-0.3, -0.25) is 4.79 Å². The molecule has 0 radical (unpaired) electrons. The first kappa shape index (κ1) is 10.8. The molecule has 14 heavy (non-hydrogen) atoms. The number of ketones is 1. The summed E-state index contributed by atoms with van der Waals surface area (Å²) >= 11 is 0. The largest absolute Gasteiger partial charge is 0.508 e. The first-order valence-corrected chi connectivity index (χ1v) is 5.06. The van der Waals surface area contributed by atoms with Gasteiger partial charge in [0.25, 0.3) is 0 Å². The molecule has 0 aliphatic rings. The Morgan fingerprint density at radius 3 is 2.79 bits per heavy atom. The van der Waals surface area contributed by atoms with Crippen LogP contribution in [0.15, 0.2) is 24.3 Å².